The van der Waals surface area contributed by atoms with Crippen LogP contribution < -0.4 is 10.6 Å². The van der Waals surface area contributed by atoms with E-state index in [1.54, 1.807) is 20.8 Å². The second-order valence-electron chi connectivity index (χ2n) is 9.97. The Bertz CT molecular complexity index is 951. The molecule has 0 heterocycles. The normalized spacial score (nSPS) is 15.2. The Morgan fingerprint density at radius 1 is 0.902 bits per heavy atom. The number of rotatable bonds is 13. The van der Waals surface area contributed by atoms with E-state index in [2.05, 4.69) is 20.1 Å². The number of alkyl halides is 3. The summed E-state index contributed by atoms with van der Waals surface area (Å²) in [5, 5.41) is 14.9. The molecule has 0 aliphatic carbocycles. The fourth-order valence-electron chi connectivity index (χ4n) is 3.33. The van der Waals surface area contributed by atoms with Gasteiger partial charge in [0, 0.05) is 13.5 Å². The minimum absolute atomic E-state index is 0.236. The summed E-state index contributed by atoms with van der Waals surface area (Å²) in [5.41, 5.74) is -0.849. The number of carbonyl (C=O) groups excluding carboxylic acids is 6. The minimum atomic E-state index is -1.92. The van der Waals surface area contributed by atoms with Crippen LogP contribution >= 0.6 is 34.8 Å². The first-order valence-electron chi connectivity index (χ1n) is 12.3. The summed E-state index contributed by atoms with van der Waals surface area (Å²) in [4.78, 5) is 76.1. The van der Waals surface area contributed by atoms with Crippen LogP contribution in [0.15, 0.2) is 0 Å². The molecule has 0 aliphatic heterocycles. The van der Waals surface area contributed by atoms with Crippen LogP contribution in [0.2, 0.25) is 0 Å². The number of alkyl carbamates (subject to hydrolysis) is 1. The van der Waals surface area contributed by atoms with Crippen molar-refractivity contribution in [3.63, 3.8) is 0 Å². The van der Waals surface area contributed by atoms with Gasteiger partial charge in [-0.1, -0.05) is 34.8 Å². The Balaban J connectivity index is 5.65. The van der Waals surface area contributed by atoms with Crippen molar-refractivity contribution in [1.29, 1.82) is 0 Å². The van der Waals surface area contributed by atoms with Crippen LogP contribution in [0.1, 0.15) is 47.5 Å². The molecule has 0 spiro atoms. The molecule has 0 aromatic heterocycles. The Kier molecular flexibility index (Phi) is 15.7. The Morgan fingerprint density at radius 3 is 1.88 bits per heavy atom. The number of amides is 3. The number of halogens is 3. The number of hydrogen-bond acceptors (Lipinski definition) is 11. The number of aliphatic hydroxyl groups is 1. The van der Waals surface area contributed by atoms with E-state index < -0.39 is 82.0 Å². The summed E-state index contributed by atoms with van der Waals surface area (Å²) < 4.78 is 17.4. The lowest BCUT2D eigenvalue weighted by atomic mass is 10.0. The van der Waals surface area contributed by atoms with Crippen molar-refractivity contribution in [2.24, 2.45) is 5.92 Å². The smallest absolute Gasteiger partial charge is 0.408 e. The molecule has 0 saturated heterocycles. The van der Waals surface area contributed by atoms with Crippen LogP contribution in [-0.4, -0.2) is 107 Å². The molecule has 14 nitrogen and oxygen atoms in total. The summed E-state index contributed by atoms with van der Waals surface area (Å²) in [6.45, 7) is 6.71. The summed E-state index contributed by atoms with van der Waals surface area (Å²) in [7, 11) is 3.32. The molecule has 5 atom stereocenters. The lowest BCUT2D eigenvalue weighted by molar-refractivity contribution is -0.157. The summed E-state index contributed by atoms with van der Waals surface area (Å²) in [6.07, 6.45) is -2.97. The highest BCUT2D eigenvalue weighted by molar-refractivity contribution is 6.67. The van der Waals surface area contributed by atoms with Crippen molar-refractivity contribution in [3.8, 4) is 0 Å². The number of esters is 3. The number of carbonyl (C=O) groups is 6. The quantitative estimate of drug-likeness (QED) is 0.148. The highest BCUT2D eigenvalue weighted by Crippen LogP contribution is 2.26. The minimum Gasteiger partial charge on any atom is -0.467 e. The molecule has 3 amide bonds. The molecule has 236 valence electrons. The molecule has 0 aliphatic rings. The SMILES string of the molecule is COC(=O)[C@@H](CCC(=O)N(C)[C@@H](C(=O)N[C@@H](C(=O)OC)[C@H](C)C(=O)OCC(Cl)(Cl)Cl)[C@H](C)O)NC(=O)OC(C)(C)C. The number of likely N-dealkylation sites (N-methyl/N-ethyl adjacent to an activating group) is 1. The zero-order chi connectivity index (χ0) is 32.3. The Hall–Kier alpha value is -2.55. The van der Waals surface area contributed by atoms with Crippen LogP contribution in [0.3, 0.4) is 0 Å². The first kappa shape index (κ1) is 38.5. The molecule has 0 unspecified atom stereocenters. The predicted octanol–water partition coefficient (Wildman–Crippen LogP) is 1.25. The lowest BCUT2D eigenvalue weighted by Crippen LogP contribution is -2.58. The first-order valence-corrected chi connectivity index (χ1v) is 13.4. The highest BCUT2D eigenvalue weighted by Gasteiger charge is 2.39. The maximum atomic E-state index is 13.1. The van der Waals surface area contributed by atoms with Crippen molar-refractivity contribution in [3.05, 3.63) is 0 Å². The van der Waals surface area contributed by atoms with Crippen molar-refractivity contribution in [2.45, 2.75) is 81.1 Å². The molecular weight excluding hydrogens is 613 g/mol. The largest absolute Gasteiger partial charge is 0.467 e. The second kappa shape index (κ2) is 16.8. The van der Waals surface area contributed by atoms with E-state index in [0.29, 0.717) is 0 Å². The maximum absolute atomic E-state index is 13.1. The fraction of sp³-hybridized carbons (Fsp3) is 0.750. The van der Waals surface area contributed by atoms with Gasteiger partial charge in [0.25, 0.3) is 0 Å². The second-order valence-corrected chi connectivity index (χ2v) is 12.5. The van der Waals surface area contributed by atoms with Crippen molar-refractivity contribution < 1.29 is 52.8 Å². The third-order valence-corrected chi connectivity index (χ3v) is 5.69. The van der Waals surface area contributed by atoms with Crippen LogP contribution in [-0.2, 0) is 42.9 Å². The van der Waals surface area contributed by atoms with Gasteiger partial charge in [-0.3, -0.25) is 14.4 Å². The molecule has 41 heavy (non-hydrogen) atoms. The van der Waals surface area contributed by atoms with E-state index in [4.69, 9.17) is 44.3 Å². The van der Waals surface area contributed by atoms with E-state index in [9.17, 15) is 33.9 Å². The van der Waals surface area contributed by atoms with Crippen molar-refractivity contribution in [2.75, 3.05) is 27.9 Å². The van der Waals surface area contributed by atoms with Crippen LogP contribution in [0.5, 0.6) is 0 Å². The van der Waals surface area contributed by atoms with Gasteiger partial charge in [0.05, 0.1) is 26.2 Å². The predicted molar refractivity (Wildman–Crippen MR) is 147 cm³/mol. The zero-order valence-electron chi connectivity index (χ0n) is 24.1. The number of nitrogens with one attached hydrogen (secondary N) is 2. The van der Waals surface area contributed by atoms with E-state index in [0.717, 1.165) is 19.1 Å². The molecular formula is C24H38Cl3N3O11. The molecule has 0 fully saturated rings. The van der Waals surface area contributed by atoms with Crippen LogP contribution in [0, 0.1) is 5.92 Å². The lowest BCUT2D eigenvalue weighted by Gasteiger charge is -2.32. The number of aliphatic hydroxyl groups excluding tert-OH is 1. The standard InChI is InChI=1S/C24H38Cl3N3O11/c1-12(19(34)40-11-24(25,26)27)16(21(36)39-8)29-18(33)17(13(2)31)30(6)15(32)10-9-14(20(35)38-7)28-22(37)41-23(3,4)5/h12-14,16-17,31H,9-11H2,1-8H3,(H,28,37)(H,29,33)/t12-,13-,14+,16+,17+/m0/s1. The molecule has 3 N–H and O–H groups in total. The Morgan fingerprint density at radius 2 is 1.44 bits per heavy atom. The summed E-state index contributed by atoms with van der Waals surface area (Å²) in [6, 6.07) is -4.40. The average molecular weight is 651 g/mol. The van der Waals surface area contributed by atoms with Gasteiger partial charge in [-0.25, -0.2) is 14.4 Å². The molecule has 0 rings (SSSR count). The van der Waals surface area contributed by atoms with Gasteiger partial charge in [-0.2, -0.15) is 0 Å². The van der Waals surface area contributed by atoms with E-state index in [1.165, 1.54) is 20.9 Å². The molecule has 0 saturated carbocycles. The molecule has 0 aromatic carbocycles. The van der Waals surface area contributed by atoms with Crippen molar-refractivity contribution in [1.82, 2.24) is 15.5 Å². The van der Waals surface area contributed by atoms with Crippen molar-refractivity contribution >= 4 is 70.6 Å². The van der Waals surface area contributed by atoms with E-state index in [-0.39, 0.29) is 12.8 Å². The monoisotopic (exact) mass is 649 g/mol. The van der Waals surface area contributed by atoms with Crippen LogP contribution in [0.25, 0.3) is 0 Å². The maximum Gasteiger partial charge on any atom is 0.408 e. The fourth-order valence-corrected chi connectivity index (χ4v) is 3.50. The molecule has 0 aromatic rings. The molecule has 0 radical (unpaired) electrons. The number of nitrogens with zero attached hydrogens (tertiary/aromatic N) is 1. The van der Waals surface area contributed by atoms with Gasteiger partial charge in [0.2, 0.25) is 15.6 Å². The number of ether oxygens (including phenoxy) is 4. The topological polar surface area (TPSA) is 187 Å². The average Bonchev–Trinajstić information content (AvgIpc) is 2.84. The molecule has 17 heteroatoms. The molecule has 0 bridgehead atoms. The van der Waals surface area contributed by atoms with Gasteiger partial charge >= 0.3 is 24.0 Å². The first-order chi connectivity index (χ1) is 18.6. The van der Waals surface area contributed by atoms with Gasteiger partial charge in [-0.15, -0.1) is 0 Å². The van der Waals surface area contributed by atoms with Gasteiger partial charge in [0.1, 0.15) is 30.3 Å². The summed E-state index contributed by atoms with van der Waals surface area (Å²) in [5.74, 6) is -5.92. The van der Waals surface area contributed by atoms with E-state index >= 15 is 0 Å². The number of hydrogen-bond donors (Lipinski definition) is 3. The number of methoxy groups -OCH3 is 2. The third kappa shape index (κ3) is 14.3. The van der Waals surface area contributed by atoms with E-state index in [1.807, 2.05) is 0 Å². The van der Waals surface area contributed by atoms with Crippen LogP contribution in [0.4, 0.5) is 4.79 Å². The Labute approximate surface area is 253 Å². The van der Waals surface area contributed by atoms with Gasteiger partial charge in [-0.05, 0) is 41.0 Å². The zero-order valence-corrected chi connectivity index (χ0v) is 26.4. The summed E-state index contributed by atoms with van der Waals surface area (Å²) >= 11 is 16.7. The van der Waals surface area contributed by atoms with Gasteiger partial charge in [0.15, 0.2) is 0 Å². The highest BCUT2D eigenvalue weighted by atomic mass is 35.6. The van der Waals surface area contributed by atoms with Gasteiger partial charge < -0.3 is 39.6 Å². The third-order valence-electron chi connectivity index (χ3n) is 5.36.